The third-order valence-electron chi connectivity index (χ3n) is 2.27. The van der Waals surface area contributed by atoms with Crippen LogP contribution in [0.2, 0.25) is 0 Å². The standard InChI is InChI=1S/C13H14N4O2.ClH/c1-2-18-11-4-3-5-17-13(11)19-10-6-9(12(14)15)7-16-8-10;/h3-8H,2H2,1H3,(H3,14,15);1H. The van der Waals surface area contributed by atoms with Crippen molar-refractivity contribution in [3.63, 3.8) is 0 Å². The van der Waals surface area contributed by atoms with Crippen molar-refractivity contribution >= 4 is 18.2 Å². The van der Waals surface area contributed by atoms with Crippen LogP contribution >= 0.6 is 12.4 Å². The minimum Gasteiger partial charge on any atom is -0.488 e. The predicted octanol–water partition coefficient (Wildman–Crippen LogP) is 2.37. The van der Waals surface area contributed by atoms with Gasteiger partial charge in [0.15, 0.2) is 5.75 Å². The van der Waals surface area contributed by atoms with Crippen LogP contribution in [-0.2, 0) is 0 Å². The highest BCUT2D eigenvalue weighted by atomic mass is 35.5. The zero-order chi connectivity index (χ0) is 13.7. The summed E-state index contributed by atoms with van der Waals surface area (Å²) in [5.41, 5.74) is 5.89. The monoisotopic (exact) mass is 294 g/mol. The van der Waals surface area contributed by atoms with E-state index in [-0.39, 0.29) is 18.2 Å². The molecular formula is C13H15ClN4O2. The second-order valence-corrected chi connectivity index (χ2v) is 3.66. The number of ether oxygens (including phenoxy) is 2. The zero-order valence-corrected chi connectivity index (χ0v) is 11.7. The molecule has 3 N–H and O–H groups in total. The van der Waals surface area contributed by atoms with Gasteiger partial charge in [0.25, 0.3) is 5.88 Å². The molecule has 0 aliphatic rings. The Labute approximate surface area is 122 Å². The Hall–Kier alpha value is -2.34. The molecule has 0 saturated carbocycles. The van der Waals surface area contributed by atoms with Gasteiger partial charge >= 0.3 is 0 Å². The third-order valence-corrected chi connectivity index (χ3v) is 2.27. The number of nitrogens with zero attached hydrogens (tertiary/aromatic N) is 2. The molecule has 2 heterocycles. The molecule has 0 bridgehead atoms. The topological polar surface area (TPSA) is 94.1 Å². The van der Waals surface area contributed by atoms with Crippen LogP contribution in [0.3, 0.4) is 0 Å². The van der Waals surface area contributed by atoms with E-state index in [0.717, 1.165) is 0 Å². The van der Waals surface area contributed by atoms with Crippen LogP contribution in [0.15, 0.2) is 36.8 Å². The Bertz CT molecular complexity index is 592. The lowest BCUT2D eigenvalue weighted by Gasteiger charge is -2.10. The van der Waals surface area contributed by atoms with Crippen LogP contribution in [0.1, 0.15) is 12.5 Å². The number of aromatic nitrogens is 2. The molecule has 0 aliphatic heterocycles. The van der Waals surface area contributed by atoms with E-state index in [9.17, 15) is 0 Å². The van der Waals surface area contributed by atoms with Gasteiger partial charge in [-0.15, -0.1) is 12.4 Å². The smallest absolute Gasteiger partial charge is 0.262 e. The number of nitrogen functional groups attached to an aromatic ring is 1. The molecule has 2 aromatic rings. The highest BCUT2D eigenvalue weighted by Gasteiger charge is 2.08. The Morgan fingerprint density at radius 3 is 2.90 bits per heavy atom. The van der Waals surface area contributed by atoms with Crippen molar-refractivity contribution in [2.75, 3.05) is 6.61 Å². The normalized spacial score (nSPS) is 9.45. The molecule has 0 aliphatic carbocycles. The molecule has 106 valence electrons. The summed E-state index contributed by atoms with van der Waals surface area (Å²) < 4.78 is 11.0. The molecule has 0 radical (unpaired) electrons. The van der Waals surface area contributed by atoms with Gasteiger partial charge in [-0.1, -0.05) is 0 Å². The minimum absolute atomic E-state index is 0. The molecule has 0 unspecified atom stereocenters. The van der Waals surface area contributed by atoms with Crippen LogP contribution in [0.4, 0.5) is 0 Å². The van der Waals surface area contributed by atoms with E-state index < -0.39 is 0 Å². The number of halogens is 1. The van der Waals surface area contributed by atoms with Crippen LogP contribution in [0.5, 0.6) is 17.4 Å². The average molecular weight is 295 g/mol. The maximum absolute atomic E-state index is 7.36. The molecule has 20 heavy (non-hydrogen) atoms. The van der Waals surface area contributed by atoms with Gasteiger partial charge in [0.2, 0.25) is 0 Å². The minimum atomic E-state index is -0.0657. The fourth-order valence-corrected chi connectivity index (χ4v) is 1.45. The van der Waals surface area contributed by atoms with Crippen molar-refractivity contribution in [2.45, 2.75) is 6.92 Å². The third kappa shape index (κ3) is 3.83. The molecule has 0 saturated heterocycles. The molecule has 0 amide bonds. The Balaban J connectivity index is 0.00000200. The number of amidine groups is 1. The summed E-state index contributed by atoms with van der Waals surface area (Å²) in [4.78, 5) is 8.07. The summed E-state index contributed by atoms with van der Waals surface area (Å²) in [6.45, 7) is 2.41. The van der Waals surface area contributed by atoms with Crippen LogP contribution in [-0.4, -0.2) is 22.4 Å². The number of hydrogen-bond donors (Lipinski definition) is 2. The van der Waals surface area contributed by atoms with Crippen molar-refractivity contribution in [1.82, 2.24) is 9.97 Å². The molecule has 0 spiro atoms. The summed E-state index contributed by atoms with van der Waals surface area (Å²) in [5, 5.41) is 7.36. The molecule has 2 aromatic heterocycles. The fourth-order valence-electron chi connectivity index (χ4n) is 1.45. The molecule has 0 atom stereocenters. The number of nitrogens with two attached hydrogens (primary N) is 1. The lowest BCUT2D eigenvalue weighted by atomic mass is 10.2. The van der Waals surface area contributed by atoms with Crippen molar-refractivity contribution in [3.05, 3.63) is 42.4 Å². The van der Waals surface area contributed by atoms with Crippen LogP contribution < -0.4 is 15.2 Å². The van der Waals surface area contributed by atoms with E-state index in [2.05, 4.69) is 9.97 Å². The molecule has 0 aromatic carbocycles. The van der Waals surface area contributed by atoms with Crippen LogP contribution in [0, 0.1) is 5.41 Å². The maximum Gasteiger partial charge on any atom is 0.262 e. The summed E-state index contributed by atoms with van der Waals surface area (Å²) in [6, 6.07) is 5.16. The first-order chi connectivity index (χ1) is 9.20. The second kappa shape index (κ2) is 7.30. The van der Waals surface area contributed by atoms with Gasteiger partial charge in [0.05, 0.1) is 12.8 Å². The SMILES string of the molecule is CCOc1cccnc1Oc1cncc(C(=N)N)c1.Cl. The van der Waals surface area contributed by atoms with Gasteiger partial charge in [-0.3, -0.25) is 10.4 Å². The quantitative estimate of drug-likeness (QED) is 0.652. The van der Waals surface area contributed by atoms with E-state index in [0.29, 0.717) is 29.5 Å². The number of pyridine rings is 2. The zero-order valence-electron chi connectivity index (χ0n) is 10.9. The number of hydrogen-bond acceptors (Lipinski definition) is 5. The largest absolute Gasteiger partial charge is 0.488 e. The van der Waals surface area contributed by atoms with E-state index >= 15 is 0 Å². The number of nitrogens with one attached hydrogen (secondary N) is 1. The van der Waals surface area contributed by atoms with Gasteiger partial charge in [0.1, 0.15) is 11.6 Å². The van der Waals surface area contributed by atoms with Gasteiger partial charge in [0, 0.05) is 18.0 Å². The molecule has 7 heteroatoms. The van der Waals surface area contributed by atoms with Crippen LogP contribution in [0.25, 0.3) is 0 Å². The Morgan fingerprint density at radius 1 is 1.40 bits per heavy atom. The first-order valence-corrected chi connectivity index (χ1v) is 5.76. The number of rotatable bonds is 5. The highest BCUT2D eigenvalue weighted by molar-refractivity contribution is 5.94. The van der Waals surface area contributed by atoms with Gasteiger partial charge in [-0.25, -0.2) is 4.98 Å². The second-order valence-electron chi connectivity index (χ2n) is 3.66. The molecular weight excluding hydrogens is 280 g/mol. The summed E-state index contributed by atoms with van der Waals surface area (Å²) in [5.74, 6) is 1.29. The Kier molecular flexibility index (Phi) is 5.74. The Morgan fingerprint density at radius 2 is 2.20 bits per heavy atom. The first kappa shape index (κ1) is 15.7. The van der Waals surface area contributed by atoms with Crippen molar-refractivity contribution < 1.29 is 9.47 Å². The lowest BCUT2D eigenvalue weighted by molar-refractivity contribution is 0.316. The average Bonchev–Trinajstić information content (AvgIpc) is 2.41. The van der Waals surface area contributed by atoms with Crippen molar-refractivity contribution in [2.24, 2.45) is 5.73 Å². The first-order valence-electron chi connectivity index (χ1n) is 5.76. The summed E-state index contributed by atoms with van der Waals surface area (Å²) in [7, 11) is 0. The van der Waals surface area contributed by atoms with Gasteiger partial charge in [-0.05, 0) is 25.1 Å². The fraction of sp³-hybridized carbons (Fsp3) is 0.154. The summed E-state index contributed by atoms with van der Waals surface area (Å²) >= 11 is 0. The lowest BCUT2D eigenvalue weighted by Crippen LogP contribution is -2.11. The molecule has 0 fully saturated rings. The predicted molar refractivity (Wildman–Crippen MR) is 78.0 cm³/mol. The van der Waals surface area contributed by atoms with Crippen molar-refractivity contribution in [1.29, 1.82) is 5.41 Å². The summed E-state index contributed by atoms with van der Waals surface area (Å²) in [6.07, 6.45) is 4.63. The van der Waals surface area contributed by atoms with Gasteiger partial charge in [-0.2, -0.15) is 0 Å². The highest BCUT2D eigenvalue weighted by Crippen LogP contribution is 2.28. The van der Waals surface area contributed by atoms with E-state index in [1.807, 2.05) is 6.92 Å². The molecule has 2 rings (SSSR count). The molecule has 6 nitrogen and oxygen atoms in total. The van der Waals surface area contributed by atoms with Gasteiger partial charge < -0.3 is 15.2 Å². The van der Waals surface area contributed by atoms with E-state index in [1.54, 1.807) is 24.4 Å². The van der Waals surface area contributed by atoms with Crippen molar-refractivity contribution in [3.8, 4) is 17.4 Å². The van der Waals surface area contributed by atoms with E-state index in [1.165, 1.54) is 12.4 Å². The van der Waals surface area contributed by atoms with E-state index in [4.69, 9.17) is 20.6 Å². The maximum atomic E-state index is 7.36.